The summed E-state index contributed by atoms with van der Waals surface area (Å²) in [5.74, 6) is 0.283. The van der Waals surface area contributed by atoms with Crippen molar-refractivity contribution in [2.24, 2.45) is 11.7 Å². The van der Waals surface area contributed by atoms with Gasteiger partial charge in [0.05, 0.1) is 0 Å². The number of carbonyl (C=O) groups is 2. The fraction of sp³-hybridized carbons (Fsp3) is 0.529. The second-order valence-corrected chi connectivity index (χ2v) is 6.64. The van der Waals surface area contributed by atoms with E-state index in [9.17, 15) is 14.0 Å². The van der Waals surface area contributed by atoms with Crippen molar-refractivity contribution >= 4 is 11.9 Å². The molecule has 0 bridgehead atoms. The first kappa shape index (κ1) is 15.8. The molecule has 5 nitrogen and oxygen atoms in total. The molecule has 1 saturated heterocycles. The Balaban J connectivity index is 1.51. The van der Waals surface area contributed by atoms with Crippen molar-refractivity contribution in [2.75, 3.05) is 13.1 Å². The molecule has 0 radical (unpaired) electrons. The molecular formula is C17H22FN3O2. The number of halogens is 1. The van der Waals surface area contributed by atoms with Crippen molar-refractivity contribution in [3.8, 4) is 0 Å². The molecule has 3 rings (SSSR count). The van der Waals surface area contributed by atoms with Crippen molar-refractivity contribution in [2.45, 2.75) is 37.6 Å². The lowest BCUT2D eigenvalue weighted by atomic mass is 9.90. The van der Waals surface area contributed by atoms with Crippen LogP contribution in [0.5, 0.6) is 0 Å². The third-order valence-corrected chi connectivity index (χ3v) is 4.86. The number of rotatable bonds is 4. The average Bonchev–Trinajstić information content (AvgIpc) is 3.30. The second-order valence-electron chi connectivity index (χ2n) is 6.64. The van der Waals surface area contributed by atoms with E-state index >= 15 is 0 Å². The molecule has 1 aliphatic carbocycles. The van der Waals surface area contributed by atoms with Crippen LogP contribution in [0.1, 0.15) is 31.2 Å². The van der Waals surface area contributed by atoms with E-state index in [1.807, 2.05) is 17.0 Å². The van der Waals surface area contributed by atoms with Crippen LogP contribution in [0.4, 0.5) is 9.18 Å². The van der Waals surface area contributed by atoms with E-state index in [2.05, 4.69) is 5.32 Å². The number of benzene rings is 1. The molecule has 0 atom stereocenters. The fourth-order valence-electron chi connectivity index (χ4n) is 3.35. The van der Waals surface area contributed by atoms with Crippen molar-refractivity contribution in [1.29, 1.82) is 0 Å². The van der Waals surface area contributed by atoms with Gasteiger partial charge in [-0.1, -0.05) is 12.1 Å². The van der Waals surface area contributed by atoms with Gasteiger partial charge in [0.25, 0.3) is 0 Å². The fourth-order valence-corrected chi connectivity index (χ4v) is 3.35. The van der Waals surface area contributed by atoms with Crippen LogP contribution in [0.25, 0.3) is 0 Å². The molecule has 1 heterocycles. The van der Waals surface area contributed by atoms with Crippen LogP contribution in [-0.2, 0) is 11.2 Å². The Labute approximate surface area is 135 Å². The van der Waals surface area contributed by atoms with Crippen molar-refractivity contribution < 1.29 is 14.0 Å². The lowest BCUT2D eigenvalue weighted by Crippen LogP contribution is -2.53. The number of nitrogens with zero attached hydrogens (tertiary/aromatic N) is 1. The number of carbonyl (C=O) groups excluding carboxylic acids is 2. The summed E-state index contributed by atoms with van der Waals surface area (Å²) < 4.78 is 12.9. The third-order valence-electron chi connectivity index (χ3n) is 4.86. The minimum atomic E-state index is -0.740. The van der Waals surface area contributed by atoms with Crippen molar-refractivity contribution in [1.82, 2.24) is 10.2 Å². The first-order chi connectivity index (χ1) is 11.0. The lowest BCUT2D eigenvalue weighted by molar-refractivity contribution is -0.135. The van der Waals surface area contributed by atoms with Gasteiger partial charge in [-0.25, -0.2) is 9.18 Å². The van der Waals surface area contributed by atoms with Gasteiger partial charge in [-0.2, -0.15) is 0 Å². The van der Waals surface area contributed by atoms with Gasteiger partial charge in [-0.3, -0.25) is 4.79 Å². The number of hydrogen-bond acceptors (Lipinski definition) is 2. The summed E-state index contributed by atoms with van der Waals surface area (Å²) in [7, 11) is 0. The molecule has 6 heteroatoms. The van der Waals surface area contributed by atoms with Crippen LogP contribution >= 0.6 is 0 Å². The SMILES string of the molecule is NC(=O)NC1(C(=O)N2CCC(Cc3ccc(F)cc3)CC2)CC1. The molecule has 3 amide bonds. The number of piperidine rings is 1. The summed E-state index contributed by atoms with van der Waals surface area (Å²) >= 11 is 0. The highest BCUT2D eigenvalue weighted by atomic mass is 19.1. The van der Waals surface area contributed by atoms with Crippen LogP contribution in [0.3, 0.4) is 0 Å². The Morgan fingerprint density at radius 2 is 1.83 bits per heavy atom. The molecule has 1 aromatic rings. The topological polar surface area (TPSA) is 75.4 Å². The monoisotopic (exact) mass is 319 g/mol. The van der Waals surface area contributed by atoms with E-state index in [0.717, 1.165) is 24.8 Å². The molecule has 1 aromatic carbocycles. The maximum atomic E-state index is 12.9. The van der Waals surface area contributed by atoms with Gasteiger partial charge in [-0.15, -0.1) is 0 Å². The predicted octanol–water partition coefficient (Wildman–Crippen LogP) is 1.81. The summed E-state index contributed by atoms with van der Waals surface area (Å²) in [6.07, 6.45) is 4.10. The van der Waals surface area contributed by atoms with E-state index in [1.165, 1.54) is 12.1 Å². The Morgan fingerprint density at radius 3 is 2.35 bits per heavy atom. The van der Waals surface area contributed by atoms with Crippen molar-refractivity contribution in [3.05, 3.63) is 35.6 Å². The van der Waals surface area contributed by atoms with E-state index in [-0.39, 0.29) is 11.7 Å². The van der Waals surface area contributed by atoms with Gasteiger partial charge < -0.3 is 16.0 Å². The molecule has 0 spiro atoms. The van der Waals surface area contributed by atoms with E-state index in [4.69, 9.17) is 5.73 Å². The lowest BCUT2D eigenvalue weighted by Gasteiger charge is -2.34. The van der Waals surface area contributed by atoms with Crippen LogP contribution < -0.4 is 11.1 Å². The number of nitrogens with one attached hydrogen (secondary N) is 1. The Kier molecular flexibility index (Phi) is 4.24. The quantitative estimate of drug-likeness (QED) is 0.888. The molecule has 1 aliphatic heterocycles. The first-order valence-corrected chi connectivity index (χ1v) is 8.10. The Morgan fingerprint density at radius 1 is 1.22 bits per heavy atom. The minimum Gasteiger partial charge on any atom is -0.352 e. The molecule has 23 heavy (non-hydrogen) atoms. The number of primary amides is 1. The van der Waals surface area contributed by atoms with Gasteiger partial charge in [0.15, 0.2) is 0 Å². The number of amides is 3. The van der Waals surface area contributed by atoms with Crippen LogP contribution in [0.15, 0.2) is 24.3 Å². The molecule has 2 aliphatic rings. The molecule has 0 aromatic heterocycles. The number of nitrogens with two attached hydrogens (primary N) is 1. The Bertz CT molecular complexity index is 590. The number of hydrogen-bond donors (Lipinski definition) is 2. The summed E-state index contributed by atoms with van der Waals surface area (Å²) in [5, 5.41) is 2.60. The van der Waals surface area contributed by atoms with E-state index < -0.39 is 11.6 Å². The molecule has 2 fully saturated rings. The number of likely N-dealkylation sites (tertiary alicyclic amines) is 1. The molecule has 1 saturated carbocycles. The standard InChI is InChI=1S/C17H22FN3O2/c18-14-3-1-12(2-4-14)11-13-5-9-21(10-6-13)15(22)17(7-8-17)20-16(19)23/h1-4,13H,5-11H2,(H3,19,20,23). The minimum absolute atomic E-state index is 0.00321. The molecule has 124 valence electrons. The summed E-state index contributed by atoms with van der Waals surface area (Å²) in [6, 6.07) is 5.98. The zero-order valence-corrected chi connectivity index (χ0v) is 13.1. The van der Waals surface area contributed by atoms with Gasteiger partial charge in [0, 0.05) is 13.1 Å². The maximum Gasteiger partial charge on any atom is 0.313 e. The third kappa shape index (κ3) is 3.63. The van der Waals surface area contributed by atoms with Gasteiger partial charge in [-0.05, 0) is 55.7 Å². The zero-order valence-electron chi connectivity index (χ0n) is 13.1. The van der Waals surface area contributed by atoms with Crippen LogP contribution in [0, 0.1) is 11.7 Å². The van der Waals surface area contributed by atoms with Crippen LogP contribution in [-0.4, -0.2) is 35.5 Å². The maximum absolute atomic E-state index is 12.9. The van der Waals surface area contributed by atoms with E-state index in [1.54, 1.807) is 0 Å². The first-order valence-electron chi connectivity index (χ1n) is 8.10. The summed E-state index contributed by atoms with van der Waals surface area (Å²) in [6.45, 7) is 1.40. The summed E-state index contributed by atoms with van der Waals surface area (Å²) in [5.41, 5.74) is 5.55. The molecule has 0 unspecified atom stereocenters. The van der Waals surface area contributed by atoms with Crippen molar-refractivity contribution in [3.63, 3.8) is 0 Å². The number of urea groups is 1. The van der Waals surface area contributed by atoms with Gasteiger partial charge in [0.2, 0.25) is 5.91 Å². The van der Waals surface area contributed by atoms with Crippen LogP contribution in [0.2, 0.25) is 0 Å². The van der Waals surface area contributed by atoms with E-state index in [0.29, 0.717) is 31.8 Å². The second kappa shape index (κ2) is 6.18. The molecule has 3 N–H and O–H groups in total. The highest BCUT2D eigenvalue weighted by Crippen LogP contribution is 2.38. The summed E-state index contributed by atoms with van der Waals surface area (Å²) in [4.78, 5) is 25.4. The predicted molar refractivity (Wildman–Crippen MR) is 84.1 cm³/mol. The smallest absolute Gasteiger partial charge is 0.313 e. The van der Waals surface area contributed by atoms with Gasteiger partial charge >= 0.3 is 6.03 Å². The zero-order chi connectivity index (χ0) is 16.4. The average molecular weight is 319 g/mol. The Hall–Kier alpha value is -2.11. The normalized spacial score (nSPS) is 20.1. The highest BCUT2D eigenvalue weighted by molar-refractivity contribution is 5.93. The van der Waals surface area contributed by atoms with Gasteiger partial charge in [0.1, 0.15) is 11.4 Å². The largest absolute Gasteiger partial charge is 0.352 e. The highest BCUT2D eigenvalue weighted by Gasteiger charge is 2.53. The molecular weight excluding hydrogens is 297 g/mol.